The first-order chi connectivity index (χ1) is 9.09. The molecule has 0 spiro atoms. The molecule has 0 aromatic rings. The van der Waals surface area contributed by atoms with Gasteiger partial charge in [-0.3, -0.25) is 9.59 Å². The van der Waals surface area contributed by atoms with Crippen LogP contribution in [0.5, 0.6) is 0 Å². The van der Waals surface area contributed by atoms with Gasteiger partial charge in [-0.1, -0.05) is 6.92 Å². The SMILES string of the molecule is CCC1(C(=O)O)CCN(C(=O)C2COCCN2)CC1. The number of nitrogens with zero attached hydrogens (tertiary/aromatic N) is 1. The Hall–Kier alpha value is -1.14. The molecule has 1 unspecified atom stereocenters. The summed E-state index contributed by atoms with van der Waals surface area (Å²) >= 11 is 0. The summed E-state index contributed by atoms with van der Waals surface area (Å²) in [5.74, 6) is -0.698. The van der Waals surface area contributed by atoms with Gasteiger partial charge in [0.05, 0.1) is 18.6 Å². The largest absolute Gasteiger partial charge is 0.481 e. The fourth-order valence-corrected chi connectivity index (χ4v) is 2.82. The second-order valence-corrected chi connectivity index (χ2v) is 5.35. The third kappa shape index (κ3) is 2.90. The first kappa shape index (κ1) is 14.3. The van der Waals surface area contributed by atoms with Crippen LogP contribution in [0.2, 0.25) is 0 Å². The summed E-state index contributed by atoms with van der Waals surface area (Å²) in [5, 5.41) is 12.5. The van der Waals surface area contributed by atoms with E-state index in [9.17, 15) is 14.7 Å². The highest BCUT2D eigenvalue weighted by molar-refractivity contribution is 5.83. The van der Waals surface area contributed by atoms with Crippen LogP contribution in [0.1, 0.15) is 26.2 Å². The number of hydrogen-bond donors (Lipinski definition) is 2. The second-order valence-electron chi connectivity index (χ2n) is 5.35. The van der Waals surface area contributed by atoms with Crippen molar-refractivity contribution in [3.05, 3.63) is 0 Å². The van der Waals surface area contributed by atoms with Crippen molar-refractivity contribution in [1.29, 1.82) is 0 Å². The summed E-state index contributed by atoms with van der Waals surface area (Å²) in [4.78, 5) is 25.4. The molecule has 2 aliphatic heterocycles. The third-order valence-corrected chi connectivity index (χ3v) is 4.38. The van der Waals surface area contributed by atoms with E-state index in [-0.39, 0.29) is 11.9 Å². The van der Waals surface area contributed by atoms with Gasteiger partial charge in [0, 0.05) is 19.6 Å². The minimum absolute atomic E-state index is 0.0368. The van der Waals surface area contributed by atoms with E-state index in [1.165, 1.54) is 0 Å². The van der Waals surface area contributed by atoms with E-state index in [0.29, 0.717) is 52.1 Å². The van der Waals surface area contributed by atoms with Crippen molar-refractivity contribution in [3.63, 3.8) is 0 Å². The van der Waals surface area contributed by atoms with Crippen LogP contribution in [-0.4, -0.2) is 60.8 Å². The number of carbonyl (C=O) groups excluding carboxylic acids is 1. The van der Waals surface area contributed by atoms with Gasteiger partial charge in [-0.15, -0.1) is 0 Å². The van der Waals surface area contributed by atoms with Crippen molar-refractivity contribution in [3.8, 4) is 0 Å². The van der Waals surface area contributed by atoms with Crippen molar-refractivity contribution in [2.75, 3.05) is 32.8 Å². The molecule has 2 saturated heterocycles. The fourth-order valence-electron chi connectivity index (χ4n) is 2.82. The van der Waals surface area contributed by atoms with Crippen LogP contribution < -0.4 is 5.32 Å². The van der Waals surface area contributed by atoms with Crippen molar-refractivity contribution >= 4 is 11.9 Å². The second kappa shape index (κ2) is 5.88. The zero-order valence-electron chi connectivity index (χ0n) is 11.4. The molecule has 2 rings (SSSR count). The van der Waals surface area contributed by atoms with Gasteiger partial charge in [0.25, 0.3) is 0 Å². The van der Waals surface area contributed by atoms with Crippen LogP contribution in [0.25, 0.3) is 0 Å². The van der Waals surface area contributed by atoms with E-state index in [1.807, 2.05) is 6.92 Å². The molecule has 0 radical (unpaired) electrons. The smallest absolute Gasteiger partial charge is 0.309 e. The Morgan fingerprint density at radius 3 is 2.58 bits per heavy atom. The van der Waals surface area contributed by atoms with E-state index < -0.39 is 11.4 Å². The molecule has 0 aromatic heterocycles. The van der Waals surface area contributed by atoms with Crippen molar-refractivity contribution < 1.29 is 19.4 Å². The molecule has 0 aliphatic carbocycles. The molecule has 19 heavy (non-hydrogen) atoms. The number of carboxylic acid groups (broad SMARTS) is 1. The van der Waals surface area contributed by atoms with Crippen molar-refractivity contribution in [2.24, 2.45) is 5.41 Å². The summed E-state index contributed by atoms with van der Waals surface area (Å²) in [6.07, 6.45) is 1.70. The maximum Gasteiger partial charge on any atom is 0.309 e. The number of amides is 1. The van der Waals surface area contributed by atoms with Gasteiger partial charge >= 0.3 is 5.97 Å². The van der Waals surface area contributed by atoms with Crippen LogP contribution in [0, 0.1) is 5.41 Å². The van der Waals surface area contributed by atoms with Crippen LogP contribution in [0.3, 0.4) is 0 Å². The summed E-state index contributed by atoms with van der Waals surface area (Å²) in [6, 6.07) is -0.271. The highest BCUT2D eigenvalue weighted by Crippen LogP contribution is 2.35. The maximum absolute atomic E-state index is 12.3. The Morgan fingerprint density at radius 2 is 2.11 bits per heavy atom. The molecule has 108 valence electrons. The monoisotopic (exact) mass is 270 g/mol. The van der Waals surface area contributed by atoms with Crippen LogP contribution >= 0.6 is 0 Å². The predicted molar refractivity (Wildman–Crippen MR) is 68.8 cm³/mol. The molecule has 2 N–H and O–H groups in total. The number of likely N-dealkylation sites (tertiary alicyclic amines) is 1. The molecule has 0 saturated carbocycles. The number of morpholine rings is 1. The number of carboxylic acids is 1. The van der Waals surface area contributed by atoms with Gasteiger partial charge < -0.3 is 20.1 Å². The number of piperidine rings is 1. The fraction of sp³-hybridized carbons (Fsp3) is 0.846. The molecule has 6 nitrogen and oxygen atoms in total. The topological polar surface area (TPSA) is 78.9 Å². The first-order valence-electron chi connectivity index (χ1n) is 6.92. The highest BCUT2D eigenvalue weighted by atomic mass is 16.5. The van der Waals surface area contributed by atoms with Gasteiger partial charge in [-0.2, -0.15) is 0 Å². The molecule has 2 aliphatic rings. The molecule has 1 atom stereocenters. The molecule has 6 heteroatoms. The van der Waals surface area contributed by atoms with E-state index in [2.05, 4.69) is 5.32 Å². The van der Waals surface area contributed by atoms with Gasteiger partial charge in [0.2, 0.25) is 5.91 Å². The zero-order chi connectivity index (χ0) is 13.9. The summed E-state index contributed by atoms with van der Waals surface area (Å²) in [7, 11) is 0. The quantitative estimate of drug-likeness (QED) is 0.759. The number of ether oxygens (including phenoxy) is 1. The summed E-state index contributed by atoms with van der Waals surface area (Å²) in [6.45, 7) is 4.70. The van der Waals surface area contributed by atoms with Gasteiger partial charge in [-0.05, 0) is 19.3 Å². The summed E-state index contributed by atoms with van der Waals surface area (Å²) in [5.41, 5.74) is -0.646. The molecular formula is C13H22N2O4. The van der Waals surface area contributed by atoms with Crippen molar-refractivity contribution in [1.82, 2.24) is 10.2 Å². The third-order valence-electron chi connectivity index (χ3n) is 4.38. The highest BCUT2D eigenvalue weighted by Gasteiger charge is 2.41. The normalized spacial score (nSPS) is 27.0. The van der Waals surface area contributed by atoms with E-state index in [1.54, 1.807) is 4.90 Å². The lowest BCUT2D eigenvalue weighted by Crippen LogP contribution is -2.55. The maximum atomic E-state index is 12.3. The number of aliphatic carboxylic acids is 1. The average Bonchev–Trinajstić information content (AvgIpc) is 2.47. The lowest BCUT2D eigenvalue weighted by molar-refractivity contribution is -0.155. The predicted octanol–water partition coefficient (Wildman–Crippen LogP) is 0.0782. The lowest BCUT2D eigenvalue weighted by Gasteiger charge is -2.40. The number of hydrogen-bond acceptors (Lipinski definition) is 4. The Labute approximate surface area is 113 Å². The average molecular weight is 270 g/mol. The number of carbonyl (C=O) groups is 2. The van der Waals surface area contributed by atoms with Gasteiger partial charge in [0.1, 0.15) is 6.04 Å². The van der Waals surface area contributed by atoms with Crippen LogP contribution in [0.4, 0.5) is 0 Å². The lowest BCUT2D eigenvalue weighted by atomic mass is 9.76. The van der Waals surface area contributed by atoms with E-state index in [4.69, 9.17) is 4.74 Å². The zero-order valence-corrected chi connectivity index (χ0v) is 11.4. The number of rotatable bonds is 3. The molecule has 0 bridgehead atoms. The molecule has 2 fully saturated rings. The Balaban J connectivity index is 1.92. The summed E-state index contributed by atoms with van der Waals surface area (Å²) < 4.78 is 5.29. The van der Waals surface area contributed by atoms with Gasteiger partial charge in [0.15, 0.2) is 0 Å². The Bertz CT molecular complexity index is 345. The minimum Gasteiger partial charge on any atom is -0.481 e. The minimum atomic E-state index is -0.735. The first-order valence-corrected chi connectivity index (χ1v) is 6.92. The standard InChI is InChI=1S/C13H22N2O4/c1-2-13(12(17)18)3-6-15(7-4-13)11(16)10-9-19-8-5-14-10/h10,14H,2-9H2,1H3,(H,17,18). The Kier molecular flexibility index (Phi) is 4.42. The molecule has 2 heterocycles. The molecule has 1 amide bonds. The number of nitrogens with one attached hydrogen (secondary N) is 1. The van der Waals surface area contributed by atoms with Crippen LogP contribution in [0.15, 0.2) is 0 Å². The van der Waals surface area contributed by atoms with Crippen molar-refractivity contribution in [2.45, 2.75) is 32.2 Å². The van der Waals surface area contributed by atoms with E-state index in [0.717, 1.165) is 0 Å². The molecular weight excluding hydrogens is 248 g/mol. The molecule has 0 aromatic carbocycles. The van der Waals surface area contributed by atoms with E-state index >= 15 is 0 Å². The van der Waals surface area contributed by atoms with Gasteiger partial charge in [-0.25, -0.2) is 0 Å². The van der Waals surface area contributed by atoms with Crippen LogP contribution in [-0.2, 0) is 14.3 Å². The Morgan fingerprint density at radius 1 is 1.42 bits per heavy atom.